The van der Waals surface area contributed by atoms with E-state index in [9.17, 15) is 0 Å². The van der Waals surface area contributed by atoms with E-state index in [1.807, 2.05) is 18.7 Å². The highest BCUT2D eigenvalue weighted by Crippen LogP contribution is 2.25. The Bertz CT molecular complexity index is 227. The molecule has 94 valence electrons. The molecule has 0 bridgehead atoms. The second-order valence-corrected chi connectivity index (χ2v) is 7.36. The minimum Gasteiger partial charge on any atom is -0.300 e. The van der Waals surface area contributed by atoms with Crippen molar-refractivity contribution in [1.29, 1.82) is 5.26 Å². The van der Waals surface area contributed by atoms with E-state index in [0.717, 1.165) is 31.6 Å². The third-order valence-electron chi connectivity index (χ3n) is 2.37. The van der Waals surface area contributed by atoms with Gasteiger partial charge in [-0.2, -0.15) is 17.0 Å². The van der Waals surface area contributed by atoms with E-state index in [0.29, 0.717) is 4.75 Å². The smallest absolute Gasteiger partial charge is 0.103 e. The van der Waals surface area contributed by atoms with Crippen molar-refractivity contribution < 1.29 is 0 Å². The van der Waals surface area contributed by atoms with E-state index in [1.54, 1.807) is 0 Å². The molecule has 0 aromatic rings. The monoisotopic (exact) mass is 242 g/mol. The topological polar surface area (TPSA) is 35.8 Å². The summed E-state index contributed by atoms with van der Waals surface area (Å²) in [5.41, 5.74) is -0.339. The summed E-state index contributed by atoms with van der Waals surface area (Å²) in [6, 6.07) is 2.39. The van der Waals surface area contributed by atoms with Crippen LogP contribution in [0.5, 0.6) is 0 Å². The Morgan fingerprint density at radius 1 is 1.25 bits per heavy atom. The van der Waals surface area contributed by atoms with Crippen molar-refractivity contribution in [1.82, 2.24) is 5.32 Å². The van der Waals surface area contributed by atoms with Crippen molar-refractivity contribution in [3.05, 3.63) is 0 Å². The molecule has 0 amide bonds. The molecular weight excluding hydrogens is 216 g/mol. The van der Waals surface area contributed by atoms with Crippen LogP contribution in [0, 0.1) is 11.3 Å². The fourth-order valence-corrected chi connectivity index (χ4v) is 2.29. The van der Waals surface area contributed by atoms with Gasteiger partial charge in [0, 0.05) is 4.75 Å². The first kappa shape index (κ1) is 15.8. The summed E-state index contributed by atoms with van der Waals surface area (Å²) >= 11 is 1.97. The lowest BCUT2D eigenvalue weighted by Crippen LogP contribution is -2.41. The SMILES string of the molecule is CCCNC(C)(C#N)CCCSC(C)(C)C. The van der Waals surface area contributed by atoms with E-state index < -0.39 is 0 Å². The fraction of sp³-hybridized carbons (Fsp3) is 0.923. The Kier molecular flexibility index (Phi) is 7.10. The first-order chi connectivity index (χ1) is 7.33. The van der Waals surface area contributed by atoms with Crippen LogP contribution >= 0.6 is 11.8 Å². The van der Waals surface area contributed by atoms with Crippen LogP contribution in [0.15, 0.2) is 0 Å². The first-order valence-corrected chi connectivity index (χ1v) is 7.12. The van der Waals surface area contributed by atoms with Gasteiger partial charge >= 0.3 is 0 Å². The van der Waals surface area contributed by atoms with Crippen LogP contribution in [0.25, 0.3) is 0 Å². The maximum Gasteiger partial charge on any atom is 0.103 e. The van der Waals surface area contributed by atoms with Gasteiger partial charge in [0.15, 0.2) is 0 Å². The number of nitrogens with one attached hydrogen (secondary N) is 1. The molecule has 0 saturated carbocycles. The molecule has 0 rings (SSSR count). The zero-order valence-electron chi connectivity index (χ0n) is 11.4. The molecule has 16 heavy (non-hydrogen) atoms. The number of nitriles is 1. The Morgan fingerprint density at radius 2 is 1.88 bits per heavy atom. The molecule has 1 unspecified atom stereocenters. The van der Waals surface area contributed by atoms with Gasteiger partial charge in [-0.05, 0) is 38.5 Å². The highest BCUT2D eigenvalue weighted by molar-refractivity contribution is 8.00. The summed E-state index contributed by atoms with van der Waals surface area (Å²) in [6.07, 6.45) is 3.11. The van der Waals surface area contributed by atoms with Crippen LogP contribution in [-0.2, 0) is 0 Å². The van der Waals surface area contributed by atoms with Crippen molar-refractivity contribution in [2.24, 2.45) is 0 Å². The fourth-order valence-electron chi connectivity index (χ4n) is 1.39. The van der Waals surface area contributed by atoms with Crippen LogP contribution in [0.4, 0.5) is 0 Å². The van der Waals surface area contributed by atoms with Gasteiger partial charge in [-0.15, -0.1) is 0 Å². The number of thioether (sulfide) groups is 1. The third-order valence-corrected chi connectivity index (χ3v) is 3.73. The summed E-state index contributed by atoms with van der Waals surface area (Å²) in [4.78, 5) is 0. The second kappa shape index (κ2) is 7.19. The maximum atomic E-state index is 9.15. The van der Waals surface area contributed by atoms with E-state index in [-0.39, 0.29) is 5.54 Å². The second-order valence-electron chi connectivity index (χ2n) is 5.44. The minimum absolute atomic E-state index is 0.333. The molecule has 0 aliphatic carbocycles. The molecular formula is C13H26N2S. The lowest BCUT2D eigenvalue weighted by atomic mass is 9.98. The third kappa shape index (κ3) is 8.01. The molecule has 0 aromatic carbocycles. The van der Waals surface area contributed by atoms with Crippen molar-refractivity contribution in [2.75, 3.05) is 12.3 Å². The van der Waals surface area contributed by atoms with E-state index in [4.69, 9.17) is 5.26 Å². The Labute approximate surface area is 105 Å². The molecule has 0 heterocycles. The molecule has 2 nitrogen and oxygen atoms in total. The predicted molar refractivity (Wildman–Crippen MR) is 73.8 cm³/mol. The number of hydrogen-bond donors (Lipinski definition) is 1. The number of nitrogens with zero attached hydrogens (tertiary/aromatic N) is 1. The molecule has 0 aliphatic heterocycles. The van der Waals surface area contributed by atoms with Gasteiger partial charge in [0.25, 0.3) is 0 Å². The summed E-state index contributed by atoms with van der Waals surface area (Å²) in [5, 5.41) is 12.5. The lowest BCUT2D eigenvalue weighted by Gasteiger charge is -2.24. The van der Waals surface area contributed by atoms with Gasteiger partial charge in [-0.25, -0.2) is 0 Å². The van der Waals surface area contributed by atoms with Gasteiger partial charge < -0.3 is 0 Å². The quantitative estimate of drug-likeness (QED) is 0.693. The van der Waals surface area contributed by atoms with Crippen LogP contribution in [0.2, 0.25) is 0 Å². The van der Waals surface area contributed by atoms with E-state index in [2.05, 4.69) is 39.1 Å². The Hall–Kier alpha value is -0.200. The zero-order valence-corrected chi connectivity index (χ0v) is 12.2. The predicted octanol–water partition coefficient (Wildman–Crippen LogP) is 3.58. The highest BCUT2D eigenvalue weighted by atomic mass is 32.2. The number of rotatable bonds is 7. The standard InChI is InChI=1S/C13H26N2S/c1-6-9-15-13(5,11-14)8-7-10-16-12(2,3)4/h15H,6-10H2,1-5H3. The van der Waals surface area contributed by atoms with Crippen LogP contribution < -0.4 is 5.32 Å². The zero-order chi connectivity index (χ0) is 12.7. The maximum absolute atomic E-state index is 9.15. The molecule has 0 radical (unpaired) electrons. The number of hydrogen-bond acceptors (Lipinski definition) is 3. The van der Waals surface area contributed by atoms with Gasteiger partial charge in [0.2, 0.25) is 0 Å². The average Bonchev–Trinajstić information content (AvgIpc) is 2.20. The molecule has 0 aliphatic rings. The minimum atomic E-state index is -0.339. The largest absolute Gasteiger partial charge is 0.300 e. The molecule has 1 atom stereocenters. The molecule has 0 fully saturated rings. The molecule has 1 N–H and O–H groups in total. The van der Waals surface area contributed by atoms with Gasteiger partial charge in [0.05, 0.1) is 6.07 Å². The van der Waals surface area contributed by atoms with Crippen molar-refractivity contribution in [2.45, 2.75) is 64.2 Å². The molecule has 3 heteroatoms. The van der Waals surface area contributed by atoms with Crippen molar-refractivity contribution in [3.63, 3.8) is 0 Å². The van der Waals surface area contributed by atoms with E-state index in [1.165, 1.54) is 0 Å². The highest BCUT2D eigenvalue weighted by Gasteiger charge is 2.22. The van der Waals surface area contributed by atoms with Crippen LogP contribution in [0.3, 0.4) is 0 Å². The first-order valence-electron chi connectivity index (χ1n) is 6.13. The molecule has 0 aromatic heterocycles. The summed E-state index contributed by atoms with van der Waals surface area (Å²) in [6.45, 7) is 11.8. The normalized spacial score (nSPS) is 15.5. The Balaban J connectivity index is 3.84. The van der Waals surface area contributed by atoms with Crippen molar-refractivity contribution in [3.8, 4) is 6.07 Å². The van der Waals surface area contributed by atoms with Gasteiger partial charge in [-0.1, -0.05) is 27.7 Å². The summed E-state index contributed by atoms with van der Waals surface area (Å²) in [5.74, 6) is 1.13. The molecule has 0 saturated heterocycles. The Morgan fingerprint density at radius 3 is 2.31 bits per heavy atom. The summed E-state index contributed by atoms with van der Waals surface area (Å²) in [7, 11) is 0. The lowest BCUT2D eigenvalue weighted by molar-refractivity contribution is 0.415. The van der Waals surface area contributed by atoms with Gasteiger partial charge in [-0.3, -0.25) is 5.32 Å². The summed E-state index contributed by atoms with van der Waals surface area (Å²) < 4.78 is 0.333. The molecule has 0 spiro atoms. The van der Waals surface area contributed by atoms with Crippen LogP contribution in [-0.4, -0.2) is 22.6 Å². The van der Waals surface area contributed by atoms with Crippen molar-refractivity contribution >= 4 is 11.8 Å². The van der Waals surface area contributed by atoms with E-state index >= 15 is 0 Å². The van der Waals surface area contributed by atoms with Crippen LogP contribution in [0.1, 0.15) is 53.9 Å². The van der Waals surface area contributed by atoms with Gasteiger partial charge in [0.1, 0.15) is 5.54 Å². The average molecular weight is 242 g/mol.